The second kappa shape index (κ2) is 4.81. The van der Waals surface area contributed by atoms with Gasteiger partial charge in [-0.25, -0.2) is 9.97 Å². The van der Waals surface area contributed by atoms with Crippen molar-refractivity contribution in [2.24, 2.45) is 0 Å². The van der Waals surface area contributed by atoms with Gasteiger partial charge in [-0.3, -0.25) is 5.10 Å². The summed E-state index contributed by atoms with van der Waals surface area (Å²) in [6.45, 7) is 2.02. The summed E-state index contributed by atoms with van der Waals surface area (Å²) >= 11 is 1.58. The zero-order valence-corrected chi connectivity index (χ0v) is 11.6. The first-order valence-corrected chi connectivity index (χ1v) is 7.42. The molecule has 5 nitrogen and oxygen atoms in total. The molecule has 0 saturated heterocycles. The minimum Gasteiger partial charge on any atom is -0.312 e. The average Bonchev–Trinajstić information content (AvgIpc) is 3.17. The van der Waals surface area contributed by atoms with E-state index in [4.69, 9.17) is 0 Å². The number of benzene rings is 1. The Morgan fingerprint density at radius 2 is 2.20 bits per heavy atom. The van der Waals surface area contributed by atoms with E-state index in [1.165, 1.54) is 23.0 Å². The van der Waals surface area contributed by atoms with E-state index in [1.807, 2.05) is 0 Å². The largest absolute Gasteiger partial charge is 0.312 e. The lowest BCUT2D eigenvalue weighted by Gasteiger charge is -2.17. The lowest BCUT2D eigenvalue weighted by Crippen LogP contribution is -2.23. The molecule has 1 aromatic carbocycles. The van der Waals surface area contributed by atoms with Gasteiger partial charge in [-0.15, -0.1) is 11.3 Å². The van der Waals surface area contributed by atoms with Gasteiger partial charge in [0.05, 0.1) is 5.69 Å². The summed E-state index contributed by atoms with van der Waals surface area (Å²) in [5.74, 6) is 0.725. The molecule has 0 unspecified atom stereocenters. The summed E-state index contributed by atoms with van der Waals surface area (Å²) in [4.78, 5) is 8.78. The molecule has 4 rings (SSSR count). The van der Waals surface area contributed by atoms with E-state index in [0.717, 1.165) is 36.0 Å². The highest BCUT2D eigenvalue weighted by Gasteiger charge is 2.12. The van der Waals surface area contributed by atoms with Crippen LogP contribution < -0.4 is 5.32 Å². The van der Waals surface area contributed by atoms with Gasteiger partial charge in [0.25, 0.3) is 0 Å². The summed E-state index contributed by atoms with van der Waals surface area (Å²) in [7, 11) is 0. The second-order valence-corrected chi connectivity index (χ2v) is 5.64. The van der Waals surface area contributed by atoms with Crippen LogP contribution in [0.25, 0.3) is 22.1 Å². The van der Waals surface area contributed by atoms with Crippen LogP contribution in [0.4, 0.5) is 0 Å². The van der Waals surface area contributed by atoms with Crippen molar-refractivity contribution in [2.45, 2.75) is 13.0 Å². The van der Waals surface area contributed by atoms with E-state index < -0.39 is 0 Å². The highest BCUT2D eigenvalue weighted by molar-refractivity contribution is 7.13. The van der Waals surface area contributed by atoms with Crippen molar-refractivity contribution in [3.8, 4) is 22.1 Å². The third-order valence-corrected chi connectivity index (χ3v) is 4.36. The summed E-state index contributed by atoms with van der Waals surface area (Å²) < 4.78 is 0. The Morgan fingerprint density at radius 1 is 1.20 bits per heavy atom. The highest BCUT2D eigenvalue weighted by Crippen LogP contribution is 2.28. The van der Waals surface area contributed by atoms with Crippen molar-refractivity contribution in [1.82, 2.24) is 25.5 Å². The number of hydrogen-bond donors (Lipinski definition) is 2. The van der Waals surface area contributed by atoms with Crippen LogP contribution in [-0.4, -0.2) is 26.7 Å². The van der Waals surface area contributed by atoms with E-state index >= 15 is 0 Å². The van der Waals surface area contributed by atoms with Crippen LogP contribution >= 0.6 is 11.3 Å². The molecule has 1 aliphatic heterocycles. The molecule has 0 saturated carbocycles. The van der Waals surface area contributed by atoms with Crippen LogP contribution in [0.5, 0.6) is 0 Å². The Hall–Kier alpha value is -2.05. The molecule has 0 spiro atoms. The quantitative estimate of drug-likeness (QED) is 0.757. The van der Waals surface area contributed by atoms with Crippen LogP contribution in [0.15, 0.2) is 29.9 Å². The van der Waals surface area contributed by atoms with Crippen molar-refractivity contribution >= 4 is 11.3 Å². The van der Waals surface area contributed by atoms with E-state index in [-0.39, 0.29) is 0 Å². The zero-order valence-electron chi connectivity index (χ0n) is 10.8. The molecule has 0 aliphatic carbocycles. The van der Waals surface area contributed by atoms with E-state index in [0.29, 0.717) is 0 Å². The number of aromatic amines is 1. The summed E-state index contributed by atoms with van der Waals surface area (Å²) in [5, 5.41) is 13.0. The Bertz CT molecular complexity index is 732. The molecule has 6 heteroatoms. The molecular formula is C14H13N5S. The monoisotopic (exact) mass is 283 g/mol. The third kappa shape index (κ3) is 2.03. The Balaban J connectivity index is 1.71. The topological polar surface area (TPSA) is 66.5 Å². The molecule has 2 aromatic heterocycles. The van der Waals surface area contributed by atoms with E-state index in [9.17, 15) is 0 Å². The first-order valence-electron chi connectivity index (χ1n) is 6.54. The fourth-order valence-electron chi connectivity index (χ4n) is 2.46. The minimum absolute atomic E-state index is 0.725. The van der Waals surface area contributed by atoms with Gasteiger partial charge in [-0.2, -0.15) is 5.10 Å². The molecule has 0 amide bonds. The van der Waals surface area contributed by atoms with Gasteiger partial charge in [0, 0.05) is 17.5 Å². The van der Waals surface area contributed by atoms with E-state index in [2.05, 4.69) is 49.1 Å². The number of rotatable bonds is 2. The Labute approximate surface area is 120 Å². The molecule has 0 radical (unpaired) electrons. The fraction of sp³-hybridized carbons (Fsp3) is 0.214. The molecule has 3 heterocycles. The number of H-pyrrole nitrogens is 1. The van der Waals surface area contributed by atoms with Gasteiger partial charge in [0.1, 0.15) is 6.33 Å². The zero-order chi connectivity index (χ0) is 13.4. The number of aromatic nitrogens is 4. The maximum atomic E-state index is 4.64. The molecule has 0 fully saturated rings. The molecule has 0 atom stereocenters. The molecule has 1 aliphatic rings. The first kappa shape index (κ1) is 11.7. The van der Waals surface area contributed by atoms with Gasteiger partial charge in [0.15, 0.2) is 10.8 Å². The fourth-order valence-corrected chi connectivity index (χ4v) is 3.23. The van der Waals surface area contributed by atoms with Crippen molar-refractivity contribution in [1.29, 1.82) is 0 Å². The molecule has 0 bridgehead atoms. The molecule has 20 heavy (non-hydrogen) atoms. The summed E-state index contributed by atoms with van der Waals surface area (Å²) in [5.41, 5.74) is 5.00. The number of thiazole rings is 1. The molecule has 100 valence electrons. The van der Waals surface area contributed by atoms with Gasteiger partial charge in [-0.1, -0.05) is 12.1 Å². The van der Waals surface area contributed by atoms with Crippen LogP contribution in [-0.2, 0) is 13.0 Å². The van der Waals surface area contributed by atoms with Crippen molar-refractivity contribution in [3.63, 3.8) is 0 Å². The lowest BCUT2D eigenvalue weighted by atomic mass is 9.98. The molecule has 2 N–H and O–H groups in total. The normalized spacial score (nSPS) is 14.2. The van der Waals surface area contributed by atoms with Crippen molar-refractivity contribution in [2.75, 3.05) is 6.54 Å². The predicted octanol–water partition coefficient (Wildman–Crippen LogP) is 2.24. The minimum atomic E-state index is 0.725. The number of nitrogens with zero attached hydrogens (tertiary/aromatic N) is 3. The smallest absolute Gasteiger partial charge is 0.184 e. The van der Waals surface area contributed by atoms with Crippen LogP contribution in [0.3, 0.4) is 0 Å². The second-order valence-electron chi connectivity index (χ2n) is 4.78. The number of fused-ring (bicyclic) bond motifs is 1. The average molecular weight is 283 g/mol. The van der Waals surface area contributed by atoms with Gasteiger partial charge in [0.2, 0.25) is 0 Å². The standard InChI is InChI=1S/C14H13N5S/c1-2-11-6-15-4-3-9(11)5-10(1)12-7-20-14(18-12)13-16-8-17-19-13/h1-2,5,7-8,15H,3-4,6H2,(H,16,17,19). The maximum absolute atomic E-state index is 4.64. The lowest BCUT2D eigenvalue weighted by molar-refractivity contribution is 0.644. The maximum Gasteiger partial charge on any atom is 0.184 e. The van der Waals surface area contributed by atoms with Crippen LogP contribution in [0.1, 0.15) is 11.1 Å². The third-order valence-electron chi connectivity index (χ3n) is 3.51. The Kier molecular flexibility index (Phi) is 2.82. The van der Waals surface area contributed by atoms with E-state index in [1.54, 1.807) is 11.3 Å². The SMILES string of the molecule is c1n[nH]c(-c2nc(-c3ccc4c(c3)CCNC4)cs2)n1. The highest BCUT2D eigenvalue weighted by atomic mass is 32.1. The predicted molar refractivity (Wildman–Crippen MR) is 78.3 cm³/mol. The number of hydrogen-bond acceptors (Lipinski definition) is 5. The molecular weight excluding hydrogens is 270 g/mol. The first-order chi connectivity index (χ1) is 9.90. The van der Waals surface area contributed by atoms with Gasteiger partial charge >= 0.3 is 0 Å². The van der Waals surface area contributed by atoms with Gasteiger partial charge < -0.3 is 5.32 Å². The van der Waals surface area contributed by atoms with Crippen molar-refractivity contribution in [3.05, 3.63) is 41.0 Å². The number of nitrogens with one attached hydrogen (secondary N) is 2. The van der Waals surface area contributed by atoms with Crippen molar-refractivity contribution < 1.29 is 0 Å². The summed E-state index contributed by atoms with van der Waals surface area (Å²) in [6, 6.07) is 6.60. The summed E-state index contributed by atoms with van der Waals surface area (Å²) in [6.07, 6.45) is 2.59. The molecule has 3 aromatic rings. The van der Waals surface area contributed by atoms with Crippen LogP contribution in [0, 0.1) is 0 Å². The van der Waals surface area contributed by atoms with Crippen LogP contribution in [0.2, 0.25) is 0 Å². The van der Waals surface area contributed by atoms with Gasteiger partial charge in [-0.05, 0) is 30.2 Å². The Morgan fingerprint density at radius 3 is 3.10 bits per heavy atom.